The monoisotopic (exact) mass is 836 g/mol. The van der Waals surface area contributed by atoms with Crippen LogP contribution in [-0.4, -0.2) is 158 Å². The van der Waals surface area contributed by atoms with Gasteiger partial charge in [0.05, 0.1) is 54.4 Å². The third-order valence-corrected chi connectivity index (χ3v) is 11.5. The summed E-state index contributed by atoms with van der Waals surface area (Å²) in [6.07, 6.45) is 1.90. The third kappa shape index (κ3) is 10.5. The summed E-state index contributed by atoms with van der Waals surface area (Å²) in [5, 5.41) is 85.4. The Labute approximate surface area is 342 Å². The number of aliphatic imine (C=N–C) groups is 1. The van der Waals surface area contributed by atoms with E-state index in [0.717, 1.165) is 19.1 Å². The van der Waals surface area contributed by atoms with E-state index in [2.05, 4.69) is 16.9 Å². The summed E-state index contributed by atoms with van der Waals surface area (Å²) in [5.74, 6) is -6.98. The van der Waals surface area contributed by atoms with E-state index in [1.54, 1.807) is 30.9 Å². The van der Waals surface area contributed by atoms with Crippen molar-refractivity contribution in [2.45, 2.75) is 114 Å². The molecule has 11 N–H and O–H groups in total. The first-order valence-corrected chi connectivity index (χ1v) is 20.1. The predicted molar refractivity (Wildman–Crippen MR) is 208 cm³/mol. The first-order chi connectivity index (χ1) is 28.1. The quantitative estimate of drug-likeness (QED) is 0.0215. The highest BCUT2D eigenvalue weighted by molar-refractivity contribution is 5.95. The number of aliphatic carboxylic acids is 1. The molecule has 2 saturated carbocycles. The standard InChI is InChI=1S/C40H60N4O15/c1-4-25-26(9-8-23-18-44(14-16-46)19-27(34(50)51)31(23)43-38(41)42-13-6-15-45)28(35(52)57-24-10-12-39(17-24)11-5-7-30(39)48)21-55-36(25)59-37-33(56-22(2)3)40(53,54)32(49)29(20-47)58-37/h4,8-9,19,21-22,24-26,29-30,32-33,36-37,45-49,53-54H,1,5-7,10-18,20H2,2-3H3,(H,50,51)(H3,41,42,43). The summed E-state index contributed by atoms with van der Waals surface area (Å²) >= 11 is 0. The fourth-order valence-corrected chi connectivity index (χ4v) is 8.49. The molecule has 5 rings (SSSR count). The number of carboxylic acids is 1. The van der Waals surface area contributed by atoms with E-state index in [1.807, 2.05) is 0 Å². The summed E-state index contributed by atoms with van der Waals surface area (Å²) in [5.41, 5.74) is 6.12. The van der Waals surface area contributed by atoms with Crippen molar-refractivity contribution in [3.05, 3.63) is 59.7 Å². The molecule has 1 saturated heterocycles. The van der Waals surface area contributed by atoms with Gasteiger partial charge in [-0.15, -0.1) is 6.58 Å². The summed E-state index contributed by atoms with van der Waals surface area (Å²) in [6.45, 7) is 6.32. The molecule has 0 radical (unpaired) electrons. The van der Waals surface area contributed by atoms with Crippen LogP contribution in [0.5, 0.6) is 0 Å². The van der Waals surface area contributed by atoms with E-state index in [0.29, 0.717) is 37.7 Å². The first kappa shape index (κ1) is 46.2. The second-order valence-corrected chi connectivity index (χ2v) is 15.9. The van der Waals surface area contributed by atoms with Crippen molar-refractivity contribution in [2.75, 3.05) is 39.5 Å². The number of allylic oxidation sites excluding steroid dienone is 1. The Hall–Kier alpha value is -3.89. The van der Waals surface area contributed by atoms with Crippen molar-refractivity contribution >= 4 is 17.9 Å². The number of nitrogens with one attached hydrogen (secondary N) is 1. The van der Waals surface area contributed by atoms with Crippen LogP contribution in [0.15, 0.2) is 64.7 Å². The number of carbonyl (C=O) groups excluding carboxylic acids is 1. The lowest BCUT2D eigenvalue weighted by molar-refractivity contribution is -0.413. The van der Waals surface area contributed by atoms with Crippen LogP contribution >= 0.6 is 0 Å². The van der Waals surface area contributed by atoms with Gasteiger partial charge in [0.2, 0.25) is 12.1 Å². The molecule has 59 heavy (non-hydrogen) atoms. The van der Waals surface area contributed by atoms with Crippen molar-refractivity contribution < 1.29 is 74.1 Å². The number of aliphatic hydroxyl groups excluding tert-OH is 5. The van der Waals surface area contributed by atoms with Gasteiger partial charge in [0.15, 0.2) is 18.4 Å². The SMILES string of the molecule is C=CC1C(OC2OC(CO)C(O)C(O)(O)C2OC(C)C)OC=C(C(=O)OC2CCC3(CCCC3O)C2)C1C=CC1=C(NC(N)=NCCCO)C(C(=O)O)=CN(CCO)C1. The van der Waals surface area contributed by atoms with Gasteiger partial charge in [0, 0.05) is 38.4 Å². The number of carbonyl (C=O) groups is 2. The molecule has 3 heterocycles. The van der Waals surface area contributed by atoms with Gasteiger partial charge in [0.25, 0.3) is 0 Å². The average molecular weight is 837 g/mol. The number of esters is 1. The van der Waals surface area contributed by atoms with Crippen LogP contribution < -0.4 is 11.1 Å². The highest BCUT2D eigenvalue weighted by Crippen LogP contribution is 2.51. The Kier molecular flexibility index (Phi) is 15.7. The van der Waals surface area contributed by atoms with Crippen molar-refractivity contribution in [1.29, 1.82) is 0 Å². The Balaban J connectivity index is 1.53. The van der Waals surface area contributed by atoms with Gasteiger partial charge in [-0.05, 0) is 63.4 Å². The number of nitrogens with zero attached hydrogens (tertiary/aromatic N) is 2. The number of nitrogens with two attached hydrogens (primary N) is 1. The lowest BCUT2D eigenvalue weighted by Crippen LogP contribution is -2.69. The largest absolute Gasteiger partial charge is 0.478 e. The van der Waals surface area contributed by atoms with Gasteiger partial charge in [-0.3, -0.25) is 4.99 Å². The van der Waals surface area contributed by atoms with Gasteiger partial charge >= 0.3 is 11.9 Å². The minimum absolute atomic E-state index is 0.0398. The molecule has 1 spiro atoms. The zero-order chi connectivity index (χ0) is 43.1. The smallest absolute Gasteiger partial charge is 0.339 e. The maximum Gasteiger partial charge on any atom is 0.339 e. The van der Waals surface area contributed by atoms with Crippen molar-refractivity contribution in [3.63, 3.8) is 0 Å². The molecule has 0 aromatic heterocycles. The normalized spacial score (nSPS) is 33.6. The fourth-order valence-electron chi connectivity index (χ4n) is 8.49. The molecule has 19 heteroatoms. The first-order valence-electron chi connectivity index (χ1n) is 20.1. The van der Waals surface area contributed by atoms with Crippen LogP contribution in [0, 0.1) is 17.3 Å². The van der Waals surface area contributed by atoms with Crippen LogP contribution in [0.25, 0.3) is 0 Å². The number of aliphatic hydroxyl groups is 7. The molecule has 2 aliphatic carbocycles. The number of hydrogen-bond donors (Lipinski definition) is 10. The van der Waals surface area contributed by atoms with Crippen molar-refractivity contribution in [1.82, 2.24) is 10.2 Å². The maximum atomic E-state index is 14.1. The minimum atomic E-state index is -2.94. The van der Waals surface area contributed by atoms with Crippen LogP contribution in [0.2, 0.25) is 0 Å². The molecular formula is C40H60N4O15. The molecule has 0 amide bonds. The number of guanidine groups is 1. The number of ether oxygens (including phenoxy) is 5. The lowest BCUT2D eigenvalue weighted by Gasteiger charge is -2.48. The minimum Gasteiger partial charge on any atom is -0.478 e. The second-order valence-electron chi connectivity index (χ2n) is 15.9. The van der Waals surface area contributed by atoms with E-state index in [1.165, 1.54) is 12.3 Å². The van der Waals surface area contributed by atoms with Gasteiger partial charge in [-0.25, -0.2) is 9.59 Å². The van der Waals surface area contributed by atoms with Crippen LogP contribution in [0.4, 0.5) is 0 Å². The highest BCUT2D eigenvalue weighted by atomic mass is 16.8. The van der Waals surface area contributed by atoms with Crippen molar-refractivity contribution in [3.8, 4) is 0 Å². The van der Waals surface area contributed by atoms with E-state index in [9.17, 15) is 50.4 Å². The number of β-amino-alcohol motifs (C(OH)–C–C–N with tert-alkyl or cyclic N) is 1. The lowest BCUT2D eigenvalue weighted by atomic mass is 9.82. The number of hydrogen-bond acceptors (Lipinski definition) is 16. The van der Waals surface area contributed by atoms with Crippen LogP contribution in [0.3, 0.4) is 0 Å². The molecule has 3 fully saturated rings. The zero-order valence-corrected chi connectivity index (χ0v) is 33.5. The molecule has 19 nitrogen and oxygen atoms in total. The molecule has 0 aromatic rings. The Morgan fingerprint density at radius 2 is 1.92 bits per heavy atom. The van der Waals surface area contributed by atoms with E-state index in [4.69, 9.17) is 29.4 Å². The van der Waals surface area contributed by atoms with Crippen molar-refractivity contribution in [2.24, 2.45) is 28.0 Å². The molecule has 5 aliphatic rings. The summed E-state index contributed by atoms with van der Waals surface area (Å²) < 4.78 is 29.8. The summed E-state index contributed by atoms with van der Waals surface area (Å²) in [6, 6.07) is 0. The van der Waals surface area contributed by atoms with Gasteiger partial charge in [-0.1, -0.05) is 24.6 Å². The molecule has 0 bridgehead atoms. The third-order valence-electron chi connectivity index (χ3n) is 11.5. The van der Waals surface area contributed by atoms with E-state index in [-0.39, 0.29) is 61.1 Å². The Morgan fingerprint density at radius 3 is 2.54 bits per heavy atom. The van der Waals surface area contributed by atoms with E-state index >= 15 is 0 Å². The molecule has 10 atom stereocenters. The molecule has 10 unspecified atom stereocenters. The highest BCUT2D eigenvalue weighted by Gasteiger charge is 2.58. The van der Waals surface area contributed by atoms with Gasteiger partial charge in [-0.2, -0.15) is 0 Å². The van der Waals surface area contributed by atoms with Gasteiger partial charge in [0.1, 0.15) is 18.3 Å². The number of carboxylic acid groups (broad SMARTS) is 1. The fraction of sp³-hybridized carbons (Fsp3) is 0.675. The zero-order valence-electron chi connectivity index (χ0n) is 33.5. The van der Waals surface area contributed by atoms with E-state index < -0.39 is 85.4 Å². The van der Waals surface area contributed by atoms with Crippen LogP contribution in [-0.2, 0) is 33.3 Å². The Morgan fingerprint density at radius 1 is 1.15 bits per heavy atom. The van der Waals surface area contributed by atoms with Crippen LogP contribution in [0.1, 0.15) is 58.8 Å². The number of rotatable bonds is 17. The second kappa shape index (κ2) is 20.1. The average Bonchev–Trinajstić information content (AvgIpc) is 3.77. The molecular weight excluding hydrogens is 776 g/mol. The molecule has 0 aromatic carbocycles. The predicted octanol–water partition coefficient (Wildman–Crippen LogP) is -0.785. The topological polar surface area (TPSA) is 296 Å². The van der Waals surface area contributed by atoms with Gasteiger partial charge < -0.3 is 80.5 Å². The maximum absolute atomic E-state index is 14.1. The summed E-state index contributed by atoms with van der Waals surface area (Å²) in [7, 11) is 0. The molecule has 3 aliphatic heterocycles. The molecule has 330 valence electrons. The summed E-state index contributed by atoms with van der Waals surface area (Å²) in [4.78, 5) is 32.5. The Bertz CT molecular complexity index is 1660.